The van der Waals surface area contributed by atoms with E-state index in [0.717, 1.165) is 24.0 Å². The van der Waals surface area contributed by atoms with E-state index in [-0.39, 0.29) is 6.61 Å². The van der Waals surface area contributed by atoms with Crippen LogP contribution in [0.4, 0.5) is 0 Å². The molecule has 0 atom stereocenters. The molecule has 0 heterocycles. The van der Waals surface area contributed by atoms with Gasteiger partial charge in [0.15, 0.2) is 0 Å². The first-order chi connectivity index (χ1) is 11.8. The fraction of sp³-hybridized carbons (Fsp3) is 0.565. The highest BCUT2D eigenvalue weighted by atomic mass is 16.2. The highest BCUT2D eigenvalue weighted by Crippen LogP contribution is 2.21. The average Bonchev–Trinajstić information content (AvgIpc) is 2.61. The van der Waals surface area contributed by atoms with Gasteiger partial charge < -0.3 is 5.11 Å². The summed E-state index contributed by atoms with van der Waals surface area (Å²) >= 11 is 0. The molecule has 0 radical (unpaired) electrons. The minimum Gasteiger partial charge on any atom is -0.384 e. The molecule has 0 unspecified atom stereocenters. The van der Waals surface area contributed by atoms with E-state index in [1.807, 2.05) is 0 Å². The molecule has 1 rings (SSSR count). The molecule has 0 fully saturated rings. The summed E-state index contributed by atoms with van der Waals surface area (Å²) in [6.45, 7) is 4.35. The largest absolute Gasteiger partial charge is 0.384 e. The van der Waals surface area contributed by atoms with Gasteiger partial charge in [-0.2, -0.15) is 0 Å². The molecule has 1 heteroatoms. The Kier molecular flexibility index (Phi) is 10.8. The maximum atomic E-state index is 9.03. The summed E-state index contributed by atoms with van der Waals surface area (Å²) in [6.07, 6.45) is 17.6. The number of aliphatic hydroxyl groups is 1. The van der Waals surface area contributed by atoms with E-state index in [4.69, 9.17) is 11.5 Å². The van der Waals surface area contributed by atoms with E-state index in [1.54, 1.807) is 0 Å². The van der Waals surface area contributed by atoms with Crippen LogP contribution in [0.2, 0.25) is 0 Å². The summed E-state index contributed by atoms with van der Waals surface area (Å²) in [5, 5.41) is 9.03. The van der Waals surface area contributed by atoms with Crippen molar-refractivity contribution in [2.75, 3.05) is 6.61 Å². The third-order valence-electron chi connectivity index (χ3n) is 4.39. The van der Waals surface area contributed by atoms with Crippen LogP contribution in [0, 0.1) is 24.2 Å². The summed E-state index contributed by atoms with van der Waals surface area (Å²) in [5.41, 5.74) is 4.53. The Balaban J connectivity index is 2.94. The lowest BCUT2D eigenvalue weighted by Gasteiger charge is -2.11. The van der Waals surface area contributed by atoms with Gasteiger partial charge in [0.2, 0.25) is 0 Å². The van der Waals surface area contributed by atoms with E-state index in [2.05, 4.69) is 43.7 Å². The van der Waals surface area contributed by atoms with Crippen LogP contribution in [-0.4, -0.2) is 11.7 Å². The summed E-state index contributed by atoms with van der Waals surface area (Å²) in [5.74, 6) is 8.79. The molecule has 1 N–H and O–H groups in total. The molecule has 0 bridgehead atoms. The van der Waals surface area contributed by atoms with Crippen LogP contribution in [0.1, 0.15) is 87.5 Å². The Morgan fingerprint density at radius 1 is 0.833 bits per heavy atom. The summed E-state index contributed by atoms with van der Waals surface area (Å²) < 4.78 is 0. The first-order valence-electron chi connectivity index (χ1n) is 9.48. The molecule has 0 amide bonds. The summed E-state index contributed by atoms with van der Waals surface area (Å²) in [6, 6.07) is 4.32. The number of rotatable bonds is 10. The molecule has 0 aliphatic carbocycles. The third kappa shape index (κ3) is 7.25. The van der Waals surface area contributed by atoms with Crippen molar-refractivity contribution in [1.29, 1.82) is 0 Å². The van der Waals surface area contributed by atoms with Gasteiger partial charge in [-0.05, 0) is 48.9 Å². The van der Waals surface area contributed by atoms with Crippen molar-refractivity contribution in [1.82, 2.24) is 0 Å². The fourth-order valence-corrected chi connectivity index (χ4v) is 2.97. The quantitative estimate of drug-likeness (QED) is 0.460. The number of benzene rings is 1. The van der Waals surface area contributed by atoms with Crippen LogP contribution >= 0.6 is 0 Å². The van der Waals surface area contributed by atoms with Crippen molar-refractivity contribution in [3.05, 3.63) is 34.4 Å². The molecule has 130 valence electrons. The molecule has 1 aromatic rings. The lowest BCUT2D eigenvalue weighted by molar-refractivity contribution is 0.350. The molecule has 0 spiro atoms. The molecule has 0 aliphatic heterocycles. The molecule has 0 saturated carbocycles. The highest BCUT2D eigenvalue weighted by Gasteiger charge is 2.08. The zero-order valence-electron chi connectivity index (χ0n) is 15.5. The Bertz CT molecular complexity index is 581. The number of unbranched alkanes of at least 4 members (excludes halogenated alkanes) is 6. The Hall–Kier alpha value is -1.70. The van der Waals surface area contributed by atoms with Crippen molar-refractivity contribution in [2.45, 2.75) is 78.1 Å². The van der Waals surface area contributed by atoms with Gasteiger partial charge in [-0.3, -0.25) is 0 Å². The van der Waals surface area contributed by atoms with E-state index < -0.39 is 0 Å². The standard InChI is InChI=1S/C23H32O/c1-4-7-9-11-14-21-19-23(16-13-17-24)22(18-20(21)6-3)15-12-10-8-5-2/h3,18-19,24H,4-5,7-12,14-15,17H2,1-2H3. The predicted octanol–water partition coefficient (Wildman–Crippen LogP) is 5.26. The van der Waals surface area contributed by atoms with E-state index in [0.29, 0.717) is 0 Å². The Morgan fingerprint density at radius 3 is 1.88 bits per heavy atom. The lowest BCUT2D eigenvalue weighted by Crippen LogP contribution is -1.99. The van der Waals surface area contributed by atoms with Gasteiger partial charge in [0.25, 0.3) is 0 Å². The van der Waals surface area contributed by atoms with Gasteiger partial charge in [0.05, 0.1) is 0 Å². The topological polar surface area (TPSA) is 20.2 Å². The van der Waals surface area contributed by atoms with Gasteiger partial charge in [-0.15, -0.1) is 6.42 Å². The smallest absolute Gasteiger partial charge is 0.104 e. The van der Waals surface area contributed by atoms with Gasteiger partial charge in [-0.1, -0.05) is 70.1 Å². The Labute approximate surface area is 148 Å². The minimum absolute atomic E-state index is 0.0992. The molecule has 24 heavy (non-hydrogen) atoms. The SMILES string of the molecule is C#Cc1cc(CCCCCC)c(C#CCO)cc1CCCCCC. The van der Waals surface area contributed by atoms with Crippen LogP contribution in [0.5, 0.6) is 0 Å². The zero-order valence-corrected chi connectivity index (χ0v) is 15.5. The van der Waals surface area contributed by atoms with Crippen molar-refractivity contribution in [3.63, 3.8) is 0 Å². The highest BCUT2D eigenvalue weighted by molar-refractivity contribution is 5.52. The van der Waals surface area contributed by atoms with E-state index in [1.165, 1.54) is 62.5 Å². The maximum absolute atomic E-state index is 9.03. The summed E-state index contributed by atoms with van der Waals surface area (Å²) in [7, 11) is 0. The normalized spacial score (nSPS) is 10.1. The van der Waals surface area contributed by atoms with Gasteiger partial charge in [0.1, 0.15) is 6.61 Å². The molecule has 1 nitrogen and oxygen atoms in total. The van der Waals surface area contributed by atoms with Crippen molar-refractivity contribution in [3.8, 4) is 24.2 Å². The minimum atomic E-state index is -0.0992. The number of aryl methyl sites for hydroxylation is 2. The molecule has 0 aliphatic rings. The first-order valence-corrected chi connectivity index (χ1v) is 9.48. The van der Waals surface area contributed by atoms with Crippen LogP contribution in [-0.2, 0) is 12.8 Å². The monoisotopic (exact) mass is 324 g/mol. The van der Waals surface area contributed by atoms with Gasteiger partial charge in [-0.25, -0.2) is 0 Å². The second-order valence-electron chi connectivity index (χ2n) is 6.39. The summed E-state index contributed by atoms with van der Waals surface area (Å²) in [4.78, 5) is 0. The molecule has 1 aromatic carbocycles. The van der Waals surface area contributed by atoms with E-state index in [9.17, 15) is 0 Å². The first kappa shape index (κ1) is 20.3. The predicted molar refractivity (Wildman–Crippen MR) is 104 cm³/mol. The second kappa shape index (κ2) is 12.7. The van der Waals surface area contributed by atoms with E-state index >= 15 is 0 Å². The van der Waals surface area contributed by atoms with Crippen molar-refractivity contribution in [2.24, 2.45) is 0 Å². The van der Waals surface area contributed by atoms with Crippen LogP contribution < -0.4 is 0 Å². The fourth-order valence-electron chi connectivity index (χ4n) is 2.97. The van der Waals surface area contributed by atoms with Gasteiger partial charge >= 0.3 is 0 Å². The Morgan fingerprint density at radius 2 is 1.38 bits per heavy atom. The van der Waals surface area contributed by atoms with Gasteiger partial charge in [0, 0.05) is 11.1 Å². The van der Waals surface area contributed by atoms with Crippen molar-refractivity contribution >= 4 is 0 Å². The number of hydrogen-bond donors (Lipinski definition) is 1. The molecule has 0 saturated heterocycles. The van der Waals surface area contributed by atoms with Crippen molar-refractivity contribution < 1.29 is 5.11 Å². The second-order valence-corrected chi connectivity index (χ2v) is 6.39. The van der Waals surface area contributed by atoms with Crippen LogP contribution in [0.25, 0.3) is 0 Å². The average molecular weight is 325 g/mol. The number of hydrogen-bond acceptors (Lipinski definition) is 1. The third-order valence-corrected chi connectivity index (χ3v) is 4.39. The molecular formula is C23H32O. The van der Waals surface area contributed by atoms with Crippen LogP contribution in [0.15, 0.2) is 12.1 Å². The van der Waals surface area contributed by atoms with Crippen LogP contribution in [0.3, 0.4) is 0 Å². The zero-order chi connectivity index (χ0) is 17.6. The number of aliphatic hydroxyl groups excluding tert-OH is 1. The lowest BCUT2D eigenvalue weighted by atomic mass is 9.92. The maximum Gasteiger partial charge on any atom is 0.104 e. The number of terminal acetylenes is 1. The molecular weight excluding hydrogens is 292 g/mol. The molecule has 0 aromatic heterocycles.